The highest BCUT2D eigenvalue weighted by Gasteiger charge is 2.41. The Balaban J connectivity index is 1.26. The second-order valence-corrected chi connectivity index (χ2v) is 10.3. The van der Waals surface area contributed by atoms with Crippen LogP contribution in [0.2, 0.25) is 0 Å². The highest BCUT2D eigenvalue weighted by Crippen LogP contribution is 2.39. The van der Waals surface area contributed by atoms with Crippen LogP contribution < -0.4 is 4.74 Å². The summed E-state index contributed by atoms with van der Waals surface area (Å²) in [5, 5.41) is 2.10. The number of carbonyl (C=O) groups is 1. The van der Waals surface area contributed by atoms with E-state index in [9.17, 15) is 4.79 Å². The second-order valence-electron chi connectivity index (χ2n) is 9.41. The summed E-state index contributed by atoms with van der Waals surface area (Å²) in [6, 6.07) is 13.5. The van der Waals surface area contributed by atoms with Crippen LogP contribution in [-0.2, 0) is 4.79 Å². The van der Waals surface area contributed by atoms with Crippen molar-refractivity contribution in [2.75, 3.05) is 26.7 Å². The summed E-state index contributed by atoms with van der Waals surface area (Å²) in [5.41, 5.74) is 2.58. The smallest absolute Gasteiger partial charge is 0.230 e. The van der Waals surface area contributed by atoms with Gasteiger partial charge < -0.3 is 9.64 Å². The van der Waals surface area contributed by atoms with Crippen molar-refractivity contribution in [3.8, 4) is 5.75 Å². The van der Waals surface area contributed by atoms with E-state index in [2.05, 4.69) is 51.6 Å². The van der Waals surface area contributed by atoms with Gasteiger partial charge in [-0.3, -0.25) is 9.69 Å². The van der Waals surface area contributed by atoms with Crippen LogP contribution in [0.25, 0.3) is 5.57 Å². The van der Waals surface area contributed by atoms with E-state index in [0.717, 1.165) is 38.2 Å². The van der Waals surface area contributed by atoms with Gasteiger partial charge >= 0.3 is 0 Å². The van der Waals surface area contributed by atoms with Gasteiger partial charge in [-0.05, 0) is 74.1 Å². The molecule has 3 atom stereocenters. The molecule has 5 heteroatoms. The van der Waals surface area contributed by atoms with Crippen molar-refractivity contribution in [3.05, 3.63) is 58.3 Å². The van der Waals surface area contributed by atoms with Crippen molar-refractivity contribution >= 4 is 22.8 Å². The van der Waals surface area contributed by atoms with Crippen LogP contribution >= 0.6 is 11.3 Å². The number of nitrogens with zero attached hydrogens (tertiary/aromatic N) is 2. The summed E-state index contributed by atoms with van der Waals surface area (Å²) >= 11 is 1.76. The van der Waals surface area contributed by atoms with Gasteiger partial charge in [-0.2, -0.15) is 0 Å². The standard InChI is InChI=1S/C27H34N2O2S/c1-31-25-15-19-32-26(25)21-12-16-28(17-13-21)18-14-24(20-6-3-2-4-7-20)27(30)29-22-8-5-9-23(29)11-10-22/h2-4,6-7,12,15,19,22-24H,5,8-11,13-14,16-18H2,1H3/t22-,23?,24?/m1/s1. The molecule has 0 N–H and O–H groups in total. The van der Waals surface area contributed by atoms with E-state index in [1.807, 2.05) is 6.07 Å². The molecule has 1 amide bonds. The minimum Gasteiger partial charge on any atom is -0.495 e. The van der Waals surface area contributed by atoms with Gasteiger partial charge in [-0.1, -0.05) is 36.4 Å². The van der Waals surface area contributed by atoms with Crippen molar-refractivity contribution < 1.29 is 9.53 Å². The maximum Gasteiger partial charge on any atom is 0.230 e. The van der Waals surface area contributed by atoms with E-state index < -0.39 is 0 Å². The van der Waals surface area contributed by atoms with E-state index in [1.54, 1.807) is 18.4 Å². The van der Waals surface area contributed by atoms with Crippen LogP contribution in [0.1, 0.15) is 61.3 Å². The molecule has 0 radical (unpaired) electrons. The zero-order chi connectivity index (χ0) is 21.9. The van der Waals surface area contributed by atoms with Gasteiger partial charge in [0.2, 0.25) is 5.91 Å². The first kappa shape index (κ1) is 21.7. The first-order chi connectivity index (χ1) is 15.7. The molecular weight excluding hydrogens is 416 g/mol. The minimum atomic E-state index is -0.0276. The fourth-order valence-electron chi connectivity index (χ4n) is 5.90. The molecule has 0 spiro atoms. The summed E-state index contributed by atoms with van der Waals surface area (Å²) in [5.74, 6) is 1.33. The monoisotopic (exact) mass is 450 g/mol. The van der Waals surface area contributed by atoms with Crippen LogP contribution in [0, 0.1) is 0 Å². The van der Waals surface area contributed by atoms with E-state index in [0.29, 0.717) is 18.0 Å². The maximum absolute atomic E-state index is 13.8. The summed E-state index contributed by atoms with van der Waals surface area (Å²) in [4.78, 5) is 19.8. The number of hydrogen-bond donors (Lipinski definition) is 0. The van der Waals surface area contributed by atoms with Gasteiger partial charge in [0.25, 0.3) is 0 Å². The van der Waals surface area contributed by atoms with E-state index in [-0.39, 0.29) is 5.92 Å². The quantitative estimate of drug-likeness (QED) is 0.553. The van der Waals surface area contributed by atoms with Crippen LogP contribution in [0.3, 0.4) is 0 Å². The number of thiophene rings is 1. The number of methoxy groups -OCH3 is 1. The molecule has 5 rings (SSSR count). The van der Waals surface area contributed by atoms with Crippen molar-refractivity contribution in [3.63, 3.8) is 0 Å². The molecule has 4 heterocycles. The third-order valence-corrected chi connectivity index (χ3v) is 8.59. The van der Waals surface area contributed by atoms with Crippen LogP contribution in [0.5, 0.6) is 5.75 Å². The van der Waals surface area contributed by atoms with Crippen LogP contribution in [0.15, 0.2) is 47.9 Å². The van der Waals surface area contributed by atoms with Gasteiger partial charge in [-0.15, -0.1) is 11.3 Å². The molecule has 2 bridgehead atoms. The average molecular weight is 451 g/mol. The zero-order valence-electron chi connectivity index (χ0n) is 19.0. The average Bonchev–Trinajstić information content (AvgIpc) is 3.41. The molecule has 0 aliphatic carbocycles. The Hall–Kier alpha value is -2.11. The number of carbonyl (C=O) groups excluding carboxylic acids is 1. The van der Waals surface area contributed by atoms with Gasteiger partial charge in [0.15, 0.2) is 0 Å². The molecule has 2 saturated heterocycles. The Labute approximate surface area is 195 Å². The second kappa shape index (κ2) is 9.80. The molecule has 170 valence electrons. The molecular formula is C27H34N2O2S. The topological polar surface area (TPSA) is 32.8 Å². The lowest BCUT2D eigenvalue weighted by molar-refractivity contribution is -0.137. The van der Waals surface area contributed by atoms with Crippen molar-refractivity contribution in [2.24, 2.45) is 0 Å². The van der Waals surface area contributed by atoms with Crippen molar-refractivity contribution in [2.45, 2.75) is 62.9 Å². The fraction of sp³-hybridized carbons (Fsp3) is 0.519. The number of amides is 1. The molecule has 2 aromatic rings. The minimum absolute atomic E-state index is 0.0276. The van der Waals surface area contributed by atoms with Crippen molar-refractivity contribution in [1.29, 1.82) is 0 Å². The van der Waals surface area contributed by atoms with E-state index in [1.165, 1.54) is 48.1 Å². The summed E-state index contributed by atoms with van der Waals surface area (Å²) in [6.07, 6.45) is 10.3. The van der Waals surface area contributed by atoms with Gasteiger partial charge in [0, 0.05) is 25.2 Å². The Morgan fingerprint density at radius 2 is 1.91 bits per heavy atom. The molecule has 2 fully saturated rings. The normalized spacial score (nSPS) is 24.3. The molecule has 1 aromatic carbocycles. The van der Waals surface area contributed by atoms with Gasteiger partial charge in [-0.25, -0.2) is 0 Å². The maximum atomic E-state index is 13.8. The lowest BCUT2D eigenvalue weighted by Gasteiger charge is -2.38. The first-order valence-corrected chi connectivity index (χ1v) is 13.0. The molecule has 3 aliphatic heterocycles. The van der Waals surface area contributed by atoms with E-state index in [4.69, 9.17) is 4.74 Å². The lowest BCUT2D eigenvalue weighted by Crippen LogP contribution is -2.46. The zero-order valence-corrected chi connectivity index (χ0v) is 19.9. The number of benzene rings is 1. The largest absolute Gasteiger partial charge is 0.495 e. The molecule has 4 nitrogen and oxygen atoms in total. The third-order valence-electron chi connectivity index (χ3n) is 7.62. The molecule has 0 saturated carbocycles. The summed E-state index contributed by atoms with van der Waals surface area (Å²) < 4.78 is 5.51. The Bertz CT molecular complexity index is 938. The predicted molar refractivity (Wildman–Crippen MR) is 131 cm³/mol. The molecule has 2 unspecified atom stereocenters. The number of ether oxygens (including phenoxy) is 1. The SMILES string of the molecule is COc1ccsc1C1=CCN(CCC(C(=O)N2C3CCC[C@@H]2CC3)c2ccccc2)CC1. The third kappa shape index (κ3) is 4.38. The Morgan fingerprint density at radius 3 is 2.59 bits per heavy atom. The Morgan fingerprint density at radius 1 is 1.12 bits per heavy atom. The Kier molecular flexibility index (Phi) is 6.65. The summed E-state index contributed by atoms with van der Waals surface area (Å²) in [7, 11) is 1.75. The number of hydrogen-bond acceptors (Lipinski definition) is 4. The van der Waals surface area contributed by atoms with Crippen LogP contribution in [-0.4, -0.2) is 54.5 Å². The first-order valence-electron chi connectivity index (χ1n) is 12.1. The van der Waals surface area contributed by atoms with Crippen LogP contribution in [0.4, 0.5) is 0 Å². The van der Waals surface area contributed by atoms with Gasteiger partial charge in [0.1, 0.15) is 5.75 Å². The number of piperidine rings is 1. The predicted octanol–water partition coefficient (Wildman–Crippen LogP) is 5.56. The molecule has 3 aliphatic rings. The number of rotatable bonds is 7. The fourth-order valence-corrected chi connectivity index (χ4v) is 6.83. The highest BCUT2D eigenvalue weighted by atomic mass is 32.1. The molecule has 32 heavy (non-hydrogen) atoms. The number of fused-ring (bicyclic) bond motifs is 2. The highest BCUT2D eigenvalue weighted by molar-refractivity contribution is 7.11. The lowest BCUT2D eigenvalue weighted by atomic mass is 9.91. The molecule has 1 aromatic heterocycles. The van der Waals surface area contributed by atoms with Crippen molar-refractivity contribution in [1.82, 2.24) is 9.80 Å². The summed E-state index contributed by atoms with van der Waals surface area (Å²) in [6.45, 7) is 2.94. The van der Waals surface area contributed by atoms with Gasteiger partial charge in [0.05, 0.1) is 17.9 Å². The van der Waals surface area contributed by atoms with E-state index >= 15 is 0 Å².